The molecule has 90 valence electrons. The molecule has 0 saturated carbocycles. The highest BCUT2D eigenvalue weighted by Crippen LogP contribution is 2.23. The standard InChI is InChI=1S/C14H19N3/c1-4-17-8-7-16-14(17)13-9-12(10-15-3)6-5-11(13)2/h5-9,15H,4,10H2,1-3H3. The predicted molar refractivity (Wildman–Crippen MR) is 70.8 cm³/mol. The smallest absolute Gasteiger partial charge is 0.140 e. The highest BCUT2D eigenvalue weighted by molar-refractivity contribution is 5.61. The van der Waals surface area contributed by atoms with Gasteiger partial charge in [-0.1, -0.05) is 12.1 Å². The summed E-state index contributed by atoms with van der Waals surface area (Å²) in [5.74, 6) is 1.06. The normalized spacial score (nSPS) is 10.8. The van der Waals surface area contributed by atoms with Gasteiger partial charge in [-0.25, -0.2) is 4.98 Å². The number of benzene rings is 1. The average Bonchev–Trinajstić information content (AvgIpc) is 2.80. The molecule has 0 spiro atoms. The van der Waals surface area contributed by atoms with Crippen molar-refractivity contribution < 1.29 is 0 Å². The Morgan fingerprint density at radius 1 is 1.35 bits per heavy atom. The molecule has 17 heavy (non-hydrogen) atoms. The molecule has 1 heterocycles. The van der Waals surface area contributed by atoms with Crippen molar-refractivity contribution in [1.82, 2.24) is 14.9 Å². The van der Waals surface area contributed by atoms with E-state index in [2.05, 4.69) is 46.9 Å². The van der Waals surface area contributed by atoms with Crippen LogP contribution in [0.15, 0.2) is 30.6 Å². The number of aromatic nitrogens is 2. The zero-order valence-electron chi connectivity index (χ0n) is 10.7. The highest BCUT2D eigenvalue weighted by Gasteiger charge is 2.08. The van der Waals surface area contributed by atoms with Crippen molar-refractivity contribution >= 4 is 0 Å². The first-order valence-electron chi connectivity index (χ1n) is 6.02. The van der Waals surface area contributed by atoms with E-state index in [9.17, 15) is 0 Å². The first kappa shape index (κ1) is 11.9. The summed E-state index contributed by atoms with van der Waals surface area (Å²) >= 11 is 0. The SMILES string of the molecule is CCn1ccnc1-c1cc(CNC)ccc1C. The Kier molecular flexibility index (Phi) is 3.59. The second-order valence-corrected chi connectivity index (χ2v) is 4.22. The molecule has 0 amide bonds. The van der Waals surface area contributed by atoms with E-state index < -0.39 is 0 Å². The Labute approximate surface area is 103 Å². The van der Waals surface area contributed by atoms with Crippen molar-refractivity contribution in [3.63, 3.8) is 0 Å². The number of rotatable bonds is 4. The number of aryl methyl sites for hydroxylation is 2. The van der Waals surface area contributed by atoms with Gasteiger partial charge in [-0.15, -0.1) is 0 Å². The molecule has 0 radical (unpaired) electrons. The molecule has 1 N–H and O–H groups in total. The van der Waals surface area contributed by atoms with Gasteiger partial charge in [0.15, 0.2) is 0 Å². The van der Waals surface area contributed by atoms with Crippen LogP contribution in [0.4, 0.5) is 0 Å². The van der Waals surface area contributed by atoms with E-state index in [1.165, 1.54) is 16.7 Å². The van der Waals surface area contributed by atoms with Crippen LogP contribution in [0.2, 0.25) is 0 Å². The largest absolute Gasteiger partial charge is 0.331 e. The second-order valence-electron chi connectivity index (χ2n) is 4.22. The fourth-order valence-electron chi connectivity index (χ4n) is 2.03. The molecule has 0 aliphatic heterocycles. The number of hydrogen-bond acceptors (Lipinski definition) is 2. The summed E-state index contributed by atoms with van der Waals surface area (Å²) in [6, 6.07) is 6.55. The molecular formula is C14H19N3. The summed E-state index contributed by atoms with van der Waals surface area (Å²) in [4.78, 5) is 4.46. The molecule has 0 aliphatic rings. The molecule has 0 fully saturated rings. The van der Waals surface area contributed by atoms with Crippen LogP contribution in [0.25, 0.3) is 11.4 Å². The molecule has 0 unspecified atom stereocenters. The summed E-state index contributed by atoms with van der Waals surface area (Å²) in [5, 5.41) is 3.18. The maximum atomic E-state index is 4.46. The van der Waals surface area contributed by atoms with Crippen LogP contribution in [0.5, 0.6) is 0 Å². The molecule has 2 aromatic rings. The summed E-state index contributed by atoms with van der Waals surface area (Å²) in [5.41, 5.74) is 3.79. The maximum Gasteiger partial charge on any atom is 0.140 e. The van der Waals surface area contributed by atoms with Gasteiger partial charge in [0.2, 0.25) is 0 Å². The van der Waals surface area contributed by atoms with Gasteiger partial charge in [0.25, 0.3) is 0 Å². The van der Waals surface area contributed by atoms with E-state index in [1.54, 1.807) is 0 Å². The van der Waals surface area contributed by atoms with E-state index in [0.717, 1.165) is 18.9 Å². The monoisotopic (exact) mass is 229 g/mol. The van der Waals surface area contributed by atoms with Crippen LogP contribution >= 0.6 is 0 Å². The van der Waals surface area contributed by atoms with Gasteiger partial charge in [-0.05, 0) is 38.1 Å². The Morgan fingerprint density at radius 2 is 2.18 bits per heavy atom. The van der Waals surface area contributed by atoms with Crippen molar-refractivity contribution in [2.45, 2.75) is 26.9 Å². The summed E-state index contributed by atoms with van der Waals surface area (Å²) in [6.45, 7) is 6.11. The molecule has 1 aromatic carbocycles. The minimum atomic E-state index is 0.889. The lowest BCUT2D eigenvalue weighted by molar-refractivity contribution is 0.769. The molecule has 3 heteroatoms. The molecule has 0 bridgehead atoms. The van der Waals surface area contributed by atoms with Gasteiger partial charge in [-0.2, -0.15) is 0 Å². The van der Waals surface area contributed by atoms with E-state index in [4.69, 9.17) is 0 Å². The molecule has 0 aliphatic carbocycles. The van der Waals surface area contributed by atoms with Gasteiger partial charge in [-0.3, -0.25) is 0 Å². The molecule has 3 nitrogen and oxygen atoms in total. The first-order chi connectivity index (χ1) is 8.26. The van der Waals surface area contributed by atoms with Crippen molar-refractivity contribution in [3.8, 4) is 11.4 Å². The van der Waals surface area contributed by atoms with Crippen LogP contribution in [0, 0.1) is 6.92 Å². The zero-order chi connectivity index (χ0) is 12.3. The van der Waals surface area contributed by atoms with Crippen LogP contribution in [-0.4, -0.2) is 16.6 Å². The summed E-state index contributed by atoms with van der Waals surface area (Å²) in [7, 11) is 1.96. The van der Waals surface area contributed by atoms with E-state index in [0.29, 0.717) is 0 Å². The Hall–Kier alpha value is -1.61. The van der Waals surface area contributed by atoms with Gasteiger partial charge >= 0.3 is 0 Å². The van der Waals surface area contributed by atoms with Gasteiger partial charge in [0, 0.05) is 31.0 Å². The van der Waals surface area contributed by atoms with Crippen molar-refractivity contribution in [3.05, 3.63) is 41.7 Å². The lowest BCUT2D eigenvalue weighted by Gasteiger charge is -2.10. The van der Waals surface area contributed by atoms with Crippen LogP contribution in [0.1, 0.15) is 18.1 Å². The van der Waals surface area contributed by atoms with Crippen LogP contribution in [-0.2, 0) is 13.1 Å². The number of hydrogen-bond donors (Lipinski definition) is 1. The molecular weight excluding hydrogens is 210 g/mol. The summed E-state index contributed by atoms with van der Waals surface area (Å²) < 4.78 is 2.17. The van der Waals surface area contributed by atoms with Gasteiger partial charge < -0.3 is 9.88 Å². The zero-order valence-corrected chi connectivity index (χ0v) is 10.7. The lowest BCUT2D eigenvalue weighted by atomic mass is 10.0. The number of imidazole rings is 1. The van der Waals surface area contributed by atoms with E-state index >= 15 is 0 Å². The van der Waals surface area contributed by atoms with Crippen molar-refractivity contribution in [1.29, 1.82) is 0 Å². The van der Waals surface area contributed by atoms with Crippen LogP contribution in [0.3, 0.4) is 0 Å². The molecule has 0 atom stereocenters. The fourth-order valence-corrected chi connectivity index (χ4v) is 2.03. The fraction of sp³-hybridized carbons (Fsp3) is 0.357. The quantitative estimate of drug-likeness (QED) is 0.873. The first-order valence-corrected chi connectivity index (χ1v) is 6.02. The topological polar surface area (TPSA) is 29.9 Å². The second kappa shape index (κ2) is 5.15. The van der Waals surface area contributed by atoms with Crippen LogP contribution < -0.4 is 5.32 Å². The van der Waals surface area contributed by atoms with Crippen molar-refractivity contribution in [2.24, 2.45) is 0 Å². The Bertz CT molecular complexity index is 500. The van der Waals surface area contributed by atoms with Gasteiger partial charge in [0.1, 0.15) is 5.82 Å². The van der Waals surface area contributed by atoms with E-state index in [-0.39, 0.29) is 0 Å². The highest BCUT2D eigenvalue weighted by atomic mass is 15.1. The molecule has 0 saturated heterocycles. The minimum Gasteiger partial charge on any atom is -0.331 e. The van der Waals surface area contributed by atoms with Crippen molar-refractivity contribution in [2.75, 3.05) is 7.05 Å². The summed E-state index contributed by atoms with van der Waals surface area (Å²) in [6.07, 6.45) is 3.89. The maximum absolute atomic E-state index is 4.46. The number of nitrogens with zero attached hydrogens (tertiary/aromatic N) is 2. The third kappa shape index (κ3) is 2.39. The average molecular weight is 229 g/mol. The lowest BCUT2D eigenvalue weighted by Crippen LogP contribution is -2.06. The number of nitrogens with one attached hydrogen (secondary N) is 1. The predicted octanol–water partition coefficient (Wildman–Crippen LogP) is 2.60. The Balaban J connectivity index is 2.46. The minimum absolute atomic E-state index is 0.889. The third-order valence-corrected chi connectivity index (χ3v) is 2.98. The third-order valence-electron chi connectivity index (χ3n) is 2.98. The molecule has 2 rings (SSSR count). The molecule has 1 aromatic heterocycles. The van der Waals surface area contributed by atoms with E-state index in [1.807, 2.05) is 19.4 Å². The Morgan fingerprint density at radius 3 is 2.88 bits per heavy atom. The van der Waals surface area contributed by atoms with Gasteiger partial charge in [0.05, 0.1) is 0 Å².